The van der Waals surface area contributed by atoms with Crippen molar-refractivity contribution >= 4 is 0 Å². The highest BCUT2D eigenvalue weighted by Gasteiger charge is 2.35. The Labute approximate surface area is 107 Å². The van der Waals surface area contributed by atoms with Gasteiger partial charge in [-0.05, 0) is 13.0 Å². The second-order valence-corrected chi connectivity index (χ2v) is 4.17. The van der Waals surface area contributed by atoms with Gasteiger partial charge in [-0.2, -0.15) is 18.3 Å². The lowest BCUT2D eigenvalue weighted by molar-refractivity contribution is -0.139. The second kappa shape index (κ2) is 4.65. The Balaban J connectivity index is 2.51. The second-order valence-electron chi connectivity index (χ2n) is 4.17. The fraction of sp³-hybridized carbons (Fsp3) is 0.333. The van der Waals surface area contributed by atoms with Gasteiger partial charge in [0.25, 0.3) is 0 Å². The standard InChI is InChI=1S/C12H12F3N3O/c1-7-8(6-17-18(7)2)11(19)9-5-16-4-3-10(9)12(13,14)15/h3-6,11,19H,1-2H3. The largest absolute Gasteiger partial charge is 0.416 e. The quantitative estimate of drug-likeness (QED) is 0.911. The highest BCUT2D eigenvalue weighted by Crippen LogP contribution is 2.36. The van der Waals surface area contributed by atoms with Crippen LogP contribution in [0.3, 0.4) is 0 Å². The van der Waals surface area contributed by atoms with E-state index in [1.54, 1.807) is 14.0 Å². The van der Waals surface area contributed by atoms with E-state index in [1.807, 2.05) is 0 Å². The molecule has 0 fully saturated rings. The molecule has 1 unspecified atom stereocenters. The van der Waals surface area contributed by atoms with Crippen LogP contribution in [0.5, 0.6) is 0 Å². The summed E-state index contributed by atoms with van der Waals surface area (Å²) >= 11 is 0. The lowest BCUT2D eigenvalue weighted by Crippen LogP contribution is -2.13. The van der Waals surface area contributed by atoms with Crippen LogP contribution >= 0.6 is 0 Å². The first-order valence-electron chi connectivity index (χ1n) is 5.50. The lowest BCUT2D eigenvalue weighted by Gasteiger charge is -2.16. The molecule has 2 aromatic heterocycles. The van der Waals surface area contributed by atoms with Gasteiger partial charge in [-0.25, -0.2) is 0 Å². The number of hydrogen-bond acceptors (Lipinski definition) is 3. The van der Waals surface area contributed by atoms with Crippen LogP contribution in [-0.4, -0.2) is 19.9 Å². The van der Waals surface area contributed by atoms with Gasteiger partial charge >= 0.3 is 6.18 Å². The van der Waals surface area contributed by atoms with Crippen LogP contribution in [0.1, 0.15) is 28.5 Å². The molecule has 0 radical (unpaired) electrons. The van der Waals surface area contributed by atoms with Crippen molar-refractivity contribution in [1.29, 1.82) is 0 Å². The van der Waals surface area contributed by atoms with Crippen LogP contribution in [0, 0.1) is 6.92 Å². The van der Waals surface area contributed by atoms with Crippen LogP contribution in [0.2, 0.25) is 0 Å². The molecule has 0 aromatic carbocycles. The third-order valence-electron chi connectivity index (χ3n) is 3.02. The first-order chi connectivity index (χ1) is 8.82. The van der Waals surface area contributed by atoms with E-state index in [4.69, 9.17) is 0 Å². The summed E-state index contributed by atoms with van der Waals surface area (Å²) < 4.78 is 40.1. The molecule has 19 heavy (non-hydrogen) atoms. The minimum Gasteiger partial charge on any atom is -0.383 e. The molecule has 0 bridgehead atoms. The number of aliphatic hydroxyl groups is 1. The smallest absolute Gasteiger partial charge is 0.383 e. The van der Waals surface area contributed by atoms with Crippen molar-refractivity contribution < 1.29 is 18.3 Å². The van der Waals surface area contributed by atoms with Gasteiger partial charge in [0, 0.05) is 36.3 Å². The van der Waals surface area contributed by atoms with E-state index in [1.165, 1.54) is 10.9 Å². The van der Waals surface area contributed by atoms with Crippen molar-refractivity contribution in [3.8, 4) is 0 Å². The normalized spacial score (nSPS) is 13.6. The molecule has 0 saturated heterocycles. The van der Waals surface area contributed by atoms with E-state index in [9.17, 15) is 18.3 Å². The number of aromatic nitrogens is 3. The van der Waals surface area contributed by atoms with Gasteiger partial charge in [0.2, 0.25) is 0 Å². The van der Waals surface area contributed by atoms with E-state index in [0.717, 1.165) is 18.5 Å². The van der Waals surface area contributed by atoms with Gasteiger partial charge in [-0.15, -0.1) is 0 Å². The topological polar surface area (TPSA) is 50.9 Å². The summed E-state index contributed by atoms with van der Waals surface area (Å²) in [7, 11) is 1.65. The zero-order valence-electron chi connectivity index (χ0n) is 10.3. The molecular formula is C12H12F3N3O. The van der Waals surface area contributed by atoms with Crippen molar-refractivity contribution in [1.82, 2.24) is 14.8 Å². The zero-order chi connectivity index (χ0) is 14.2. The zero-order valence-corrected chi connectivity index (χ0v) is 10.3. The molecule has 0 saturated carbocycles. The number of aryl methyl sites for hydroxylation is 1. The average Bonchev–Trinajstić information content (AvgIpc) is 2.68. The number of nitrogens with zero attached hydrogens (tertiary/aromatic N) is 3. The molecule has 0 aliphatic rings. The molecule has 0 spiro atoms. The van der Waals surface area contributed by atoms with Gasteiger partial charge in [-0.3, -0.25) is 9.67 Å². The van der Waals surface area contributed by atoms with E-state index in [-0.39, 0.29) is 5.56 Å². The van der Waals surface area contributed by atoms with Crippen molar-refractivity contribution in [3.63, 3.8) is 0 Å². The number of pyridine rings is 1. The third kappa shape index (κ3) is 2.46. The summed E-state index contributed by atoms with van der Waals surface area (Å²) in [5, 5.41) is 14.0. The molecule has 102 valence electrons. The van der Waals surface area contributed by atoms with E-state index >= 15 is 0 Å². The number of hydrogen-bond donors (Lipinski definition) is 1. The molecule has 1 N–H and O–H groups in total. The number of halogens is 3. The van der Waals surface area contributed by atoms with E-state index in [0.29, 0.717) is 11.3 Å². The fourth-order valence-corrected chi connectivity index (χ4v) is 1.83. The molecule has 4 nitrogen and oxygen atoms in total. The maximum absolute atomic E-state index is 12.9. The van der Waals surface area contributed by atoms with E-state index in [2.05, 4.69) is 10.1 Å². The summed E-state index contributed by atoms with van der Waals surface area (Å²) in [4.78, 5) is 3.65. The number of aliphatic hydroxyl groups excluding tert-OH is 1. The Hall–Kier alpha value is -1.89. The van der Waals surface area contributed by atoms with Crippen molar-refractivity contribution in [2.45, 2.75) is 19.2 Å². The number of alkyl halides is 3. The van der Waals surface area contributed by atoms with Crippen LogP contribution in [0.4, 0.5) is 13.2 Å². The predicted octanol–water partition coefficient (Wildman–Crippen LogP) is 2.22. The molecule has 7 heteroatoms. The van der Waals surface area contributed by atoms with Gasteiger partial charge in [-0.1, -0.05) is 0 Å². The molecule has 1 atom stereocenters. The molecule has 0 aliphatic heterocycles. The summed E-state index contributed by atoms with van der Waals surface area (Å²) in [6, 6.07) is 0.851. The monoisotopic (exact) mass is 271 g/mol. The minimum absolute atomic E-state index is 0.272. The number of rotatable bonds is 2. The molecule has 2 rings (SSSR count). The average molecular weight is 271 g/mol. The first-order valence-corrected chi connectivity index (χ1v) is 5.50. The summed E-state index contributed by atoms with van der Waals surface area (Å²) in [6.45, 7) is 1.68. The van der Waals surface area contributed by atoms with Gasteiger partial charge in [0.15, 0.2) is 0 Å². The fourth-order valence-electron chi connectivity index (χ4n) is 1.83. The molecule has 2 aromatic rings. The Bertz CT molecular complexity index is 592. The van der Waals surface area contributed by atoms with E-state index < -0.39 is 17.8 Å². The lowest BCUT2D eigenvalue weighted by atomic mass is 9.99. The molecule has 0 aliphatic carbocycles. The van der Waals surface area contributed by atoms with Crippen LogP contribution in [0.15, 0.2) is 24.7 Å². The van der Waals surface area contributed by atoms with Gasteiger partial charge < -0.3 is 5.11 Å². The molecule has 0 amide bonds. The molecular weight excluding hydrogens is 259 g/mol. The summed E-state index contributed by atoms with van der Waals surface area (Å²) in [6.07, 6.45) is -2.50. The van der Waals surface area contributed by atoms with Crippen molar-refractivity contribution in [2.24, 2.45) is 7.05 Å². The highest BCUT2D eigenvalue weighted by molar-refractivity contribution is 5.36. The predicted molar refractivity (Wildman–Crippen MR) is 61.2 cm³/mol. The Kier molecular flexibility index (Phi) is 3.32. The SMILES string of the molecule is Cc1c(C(O)c2cnccc2C(F)(F)F)cnn1C. The van der Waals surface area contributed by atoms with Crippen LogP contribution < -0.4 is 0 Å². The minimum atomic E-state index is -4.53. The Morgan fingerprint density at radius 2 is 1.95 bits per heavy atom. The first kappa shape index (κ1) is 13.5. The maximum atomic E-state index is 12.9. The Morgan fingerprint density at radius 1 is 1.26 bits per heavy atom. The maximum Gasteiger partial charge on any atom is 0.416 e. The summed E-state index contributed by atoms with van der Waals surface area (Å²) in [5.74, 6) is 0. The highest BCUT2D eigenvalue weighted by atomic mass is 19.4. The Morgan fingerprint density at radius 3 is 2.47 bits per heavy atom. The van der Waals surface area contributed by atoms with Crippen LogP contribution in [0.25, 0.3) is 0 Å². The van der Waals surface area contributed by atoms with Crippen molar-refractivity contribution in [3.05, 3.63) is 47.0 Å². The van der Waals surface area contributed by atoms with Crippen LogP contribution in [-0.2, 0) is 13.2 Å². The third-order valence-corrected chi connectivity index (χ3v) is 3.02. The summed E-state index contributed by atoms with van der Waals surface area (Å²) in [5.41, 5.74) is -0.227. The molecule has 2 heterocycles. The van der Waals surface area contributed by atoms with Crippen molar-refractivity contribution in [2.75, 3.05) is 0 Å². The van der Waals surface area contributed by atoms with Gasteiger partial charge in [0.1, 0.15) is 6.10 Å². The van der Waals surface area contributed by atoms with Gasteiger partial charge in [0.05, 0.1) is 11.8 Å².